The number of nitrogens with zero attached hydrogens (tertiary/aromatic N) is 5. The van der Waals surface area contributed by atoms with Gasteiger partial charge in [-0.05, 0) is 68.5 Å². The third-order valence-electron chi connectivity index (χ3n) is 10.8. The molecule has 13 nitrogen and oxygen atoms in total. The van der Waals surface area contributed by atoms with Crippen molar-refractivity contribution in [2.24, 2.45) is 17.8 Å². The molecular weight excluding hydrogens is 718 g/mol. The molecule has 3 saturated heterocycles. The molecule has 1 amide bonds. The van der Waals surface area contributed by atoms with Gasteiger partial charge in [-0.3, -0.25) is 4.90 Å². The number of halogens is 1. The van der Waals surface area contributed by atoms with Crippen LogP contribution in [0.1, 0.15) is 45.6 Å². The summed E-state index contributed by atoms with van der Waals surface area (Å²) in [5, 5.41) is 10.1. The topological polar surface area (TPSA) is 140 Å². The van der Waals surface area contributed by atoms with Crippen molar-refractivity contribution in [3.63, 3.8) is 0 Å². The van der Waals surface area contributed by atoms with Gasteiger partial charge in [0.15, 0.2) is 0 Å². The Morgan fingerprint density at radius 3 is 2.30 bits per heavy atom. The lowest BCUT2D eigenvalue weighted by molar-refractivity contribution is -0.111. The second-order valence-corrected chi connectivity index (χ2v) is 17.0. The first kappa shape index (κ1) is 43.5. The molecule has 0 unspecified atom stereocenters. The van der Waals surface area contributed by atoms with Crippen LogP contribution in [0, 0.1) is 23.6 Å². The van der Waals surface area contributed by atoms with E-state index in [4.69, 9.17) is 9.47 Å². The molecule has 3 fully saturated rings. The zero-order chi connectivity index (χ0) is 39.3. The number of carbonyl (C=O) groups is 3. The van der Waals surface area contributed by atoms with Crippen molar-refractivity contribution in [2.45, 2.75) is 52.2 Å². The maximum Gasteiger partial charge on any atom is 0.410 e. The minimum Gasteiger partial charge on any atom is -0.442 e. The smallest absolute Gasteiger partial charge is 0.410 e. The molecule has 302 valence electrons. The molecule has 0 saturated carbocycles. The average Bonchev–Trinajstić information content (AvgIpc) is 3.15. The highest BCUT2D eigenvalue weighted by Crippen LogP contribution is 2.27. The maximum absolute atomic E-state index is 15.0. The van der Waals surface area contributed by atoms with Crippen LogP contribution in [0.15, 0.2) is 35.9 Å². The molecule has 1 N–H and O–H groups in total. The summed E-state index contributed by atoms with van der Waals surface area (Å²) in [5.41, 5.74) is 1.96. The third kappa shape index (κ3) is 13.2. The highest BCUT2D eigenvalue weighted by Gasteiger charge is 2.29. The largest absolute Gasteiger partial charge is 0.442 e. The molecule has 1 aromatic rings. The van der Waals surface area contributed by atoms with Gasteiger partial charge in [-0.25, -0.2) is 17.6 Å². The number of hydrogen-bond acceptors (Lipinski definition) is 11. The number of likely N-dealkylation sites (N-methyl/N-ethyl adjacent to an activating group) is 1. The standard InChI is InChI=1S/C39H60FN5O8S/c1-30(6-8-38(31(2)5-7-36(48)9-21-46)53-39(49)44-12-10-41(4)11-13-44)37(29-47)32(3)25-33-26-34(40)28-35(27-33)43-14-16-45(17-15-43)54(50,51)24-20-42-18-22-52-23-19-42/h6,8,21,25-31,36-38,48H,5,7,9-20,22-24H2,1-4H3/b8-6+,32-25+/t30-,31-,36+,37-,38-/m0/s1. The van der Waals surface area contributed by atoms with Crippen molar-refractivity contribution in [1.82, 2.24) is 19.0 Å². The number of morpholine rings is 1. The highest BCUT2D eigenvalue weighted by atomic mass is 32.2. The minimum atomic E-state index is -3.43. The Labute approximate surface area is 320 Å². The fraction of sp³-hybridized carbons (Fsp3) is 0.667. The predicted molar refractivity (Wildman–Crippen MR) is 207 cm³/mol. The molecule has 4 rings (SSSR count). The fourth-order valence-corrected chi connectivity index (χ4v) is 8.53. The molecule has 0 aliphatic carbocycles. The SMILES string of the molecule is C/C(=C\c1cc(F)cc(N2CCN(S(=O)(=O)CCN3CCOCC3)CC2)c1)[C@@H](C=O)[C@@H](C)/C=C/[C@H](OC(=O)N1CCN(C)CC1)[C@@H](C)CC[C@@H](O)CC=O. The zero-order valence-corrected chi connectivity index (χ0v) is 33.2. The Hall–Kier alpha value is -3.21. The fourth-order valence-electron chi connectivity index (χ4n) is 7.07. The monoisotopic (exact) mass is 777 g/mol. The van der Waals surface area contributed by atoms with Crippen molar-refractivity contribution in [3.05, 3.63) is 47.3 Å². The van der Waals surface area contributed by atoms with Crippen molar-refractivity contribution in [3.8, 4) is 0 Å². The van der Waals surface area contributed by atoms with Crippen molar-refractivity contribution < 1.29 is 41.8 Å². The lowest BCUT2D eigenvalue weighted by Crippen LogP contribution is -2.50. The lowest BCUT2D eigenvalue weighted by atomic mass is 9.86. The predicted octanol–water partition coefficient (Wildman–Crippen LogP) is 3.14. The Morgan fingerprint density at radius 1 is 0.963 bits per heavy atom. The Bertz CT molecular complexity index is 1540. The van der Waals surface area contributed by atoms with E-state index in [-0.39, 0.29) is 24.0 Å². The van der Waals surface area contributed by atoms with Crippen molar-refractivity contribution >= 4 is 40.5 Å². The third-order valence-corrected chi connectivity index (χ3v) is 12.6. The van der Waals surface area contributed by atoms with Crippen LogP contribution in [0.5, 0.6) is 0 Å². The molecule has 3 heterocycles. The van der Waals surface area contributed by atoms with E-state index >= 15 is 0 Å². The Balaban J connectivity index is 1.40. The number of aldehydes is 2. The first-order valence-electron chi connectivity index (χ1n) is 19.2. The van der Waals surface area contributed by atoms with Crippen molar-refractivity contribution in [1.29, 1.82) is 0 Å². The van der Waals surface area contributed by atoms with E-state index in [1.807, 2.05) is 50.9 Å². The quantitative estimate of drug-likeness (QED) is 0.174. The number of hydrogen-bond donors (Lipinski definition) is 1. The average molecular weight is 778 g/mol. The van der Waals surface area contributed by atoms with E-state index in [0.29, 0.717) is 89.4 Å². The maximum atomic E-state index is 15.0. The number of aliphatic hydroxyl groups excluding tert-OH is 1. The van der Waals surface area contributed by atoms with Gasteiger partial charge in [0.1, 0.15) is 24.5 Å². The van der Waals surface area contributed by atoms with Gasteiger partial charge in [0.05, 0.1) is 25.1 Å². The molecule has 3 aliphatic rings. The highest BCUT2D eigenvalue weighted by molar-refractivity contribution is 7.89. The number of anilines is 1. The van der Waals surface area contributed by atoms with Crippen LogP contribution >= 0.6 is 0 Å². The summed E-state index contributed by atoms with van der Waals surface area (Å²) in [6, 6.07) is 4.71. The number of amides is 1. The molecule has 0 radical (unpaired) electrons. The van der Waals surface area contributed by atoms with Crippen molar-refractivity contribution in [2.75, 3.05) is 103 Å². The van der Waals surface area contributed by atoms with Crippen LogP contribution in [-0.2, 0) is 29.1 Å². The molecule has 0 spiro atoms. The molecule has 5 atom stereocenters. The second kappa shape index (κ2) is 21.2. The summed E-state index contributed by atoms with van der Waals surface area (Å²) < 4.78 is 54.0. The molecule has 1 aromatic carbocycles. The number of sulfonamides is 1. The van der Waals surface area contributed by atoms with E-state index in [0.717, 1.165) is 38.0 Å². The molecular formula is C39H60FN5O8S. The number of carbonyl (C=O) groups excluding carboxylic acids is 3. The second-order valence-electron chi connectivity index (χ2n) is 14.9. The van der Waals surface area contributed by atoms with Crippen LogP contribution in [0.25, 0.3) is 6.08 Å². The van der Waals surface area contributed by atoms with E-state index in [9.17, 15) is 32.3 Å². The normalized spacial score (nSPS) is 21.4. The van der Waals surface area contributed by atoms with E-state index in [1.54, 1.807) is 11.0 Å². The first-order chi connectivity index (χ1) is 25.8. The molecule has 15 heteroatoms. The van der Waals surface area contributed by atoms with E-state index < -0.39 is 40.1 Å². The molecule has 0 bridgehead atoms. The van der Waals surface area contributed by atoms with Crippen LogP contribution in [0.4, 0.5) is 14.9 Å². The first-order valence-corrected chi connectivity index (χ1v) is 20.8. The summed E-state index contributed by atoms with van der Waals surface area (Å²) in [5.74, 6) is -1.37. The molecule has 54 heavy (non-hydrogen) atoms. The zero-order valence-electron chi connectivity index (χ0n) is 32.4. The molecule has 0 aromatic heterocycles. The van der Waals surface area contributed by atoms with Gasteiger partial charge >= 0.3 is 6.09 Å². The molecule has 3 aliphatic heterocycles. The number of allylic oxidation sites excluding steroid dienone is 2. The number of benzene rings is 1. The minimum absolute atomic E-state index is 0.0435. The number of rotatable bonds is 18. The summed E-state index contributed by atoms with van der Waals surface area (Å²) >= 11 is 0. The summed E-state index contributed by atoms with van der Waals surface area (Å²) in [6.45, 7) is 12.9. The van der Waals surface area contributed by atoms with Gasteiger partial charge in [-0.15, -0.1) is 0 Å². The number of ether oxygens (including phenoxy) is 2. The van der Waals surface area contributed by atoms with Crippen LogP contribution in [-0.4, -0.2) is 161 Å². The van der Waals surface area contributed by atoms with Crippen LogP contribution in [0.3, 0.4) is 0 Å². The van der Waals surface area contributed by atoms with E-state index in [1.165, 1.54) is 16.4 Å². The van der Waals surface area contributed by atoms with Gasteiger partial charge in [-0.2, -0.15) is 4.31 Å². The van der Waals surface area contributed by atoms with Crippen LogP contribution in [0.2, 0.25) is 0 Å². The lowest BCUT2D eigenvalue weighted by Gasteiger charge is -2.36. The van der Waals surface area contributed by atoms with Gasteiger partial charge in [0.2, 0.25) is 10.0 Å². The Kier molecular flexibility index (Phi) is 17.1. The van der Waals surface area contributed by atoms with Gasteiger partial charge in [0, 0.05) is 90.0 Å². The number of piperazine rings is 2. The summed E-state index contributed by atoms with van der Waals surface area (Å²) in [6.07, 6.45) is 6.16. The van der Waals surface area contributed by atoms with Gasteiger partial charge in [-0.1, -0.05) is 31.6 Å². The van der Waals surface area contributed by atoms with E-state index in [2.05, 4.69) is 9.80 Å². The van der Waals surface area contributed by atoms with Gasteiger partial charge < -0.3 is 38.9 Å². The van der Waals surface area contributed by atoms with Gasteiger partial charge in [0.25, 0.3) is 0 Å². The Morgan fingerprint density at radius 2 is 1.65 bits per heavy atom. The number of aliphatic hydroxyl groups is 1. The summed E-state index contributed by atoms with van der Waals surface area (Å²) in [7, 11) is -1.42. The van der Waals surface area contributed by atoms with Crippen LogP contribution < -0.4 is 4.90 Å². The summed E-state index contributed by atoms with van der Waals surface area (Å²) in [4.78, 5) is 44.4.